The number of aromatic nitrogens is 1. The average molecular weight is 293 g/mol. The summed E-state index contributed by atoms with van der Waals surface area (Å²) in [5.41, 5.74) is 1.96. The maximum atomic E-state index is 11.7. The van der Waals surface area contributed by atoms with Crippen LogP contribution >= 0.6 is 11.3 Å². The first kappa shape index (κ1) is 14.3. The van der Waals surface area contributed by atoms with E-state index in [0.29, 0.717) is 5.13 Å². The number of aliphatic carboxylic acids is 1. The maximum Gasteiger partial charge on any atom is 0.321 e. The number of thiazole rings is 1. The Morgan fingerprint density at radius 3 is 2.90 bits per heavy atom. The van der Waals surface area contributed by atoms with Crippen LogP contribution in [0.2, 0.25) is 0 Å². The molecule has 0 spiro atoms. The first-order valence-corrected chi connectivity index (χ1v) is 6.92. The Morgan fingerprint density at radius 2 is 2.20 bits per heavy atom. The highest BCUT2D eigenvalue weighted by atomic mass is 32.1. The number of carbonyl (C=O) groups is 2. The Hall–Kier alpha value is -2.15. The average Bonchev–Trinajstić information content (AvgIpc) is 2.68. The van der Waals surface area contributed by atoms with E-state index in [1.165, 1.54) is 11.3 Å². The van der Waals surface area contributed by atoms with Crippen LogP contribution in [-0.4, -0.2) is 28.1 Å². The number of carbonyl (C=O) groups excluding carboxylic acids is 1. The van der Waals surface area contributed by atoms with Gasteiger partial charge in [0.2, 0.25) is 0 Å². The first-order chi connectivity index (χ1) is 9.44. The van der Waals surface area contributed by atoms with Gasteiger partial charge < -0.3 is 10.4 Å². The van der Waals surface area contributed by atoms with Gasteiger partial charge in [-0.15, -0.1) is 0 Å². The molecule has 0 saturated heterocycles. The van der Waals surface area contributed by atoms with E-state index in [1.54, 1.807) is 6.92 Å². The van der Waals surface area contributed by atoms with Gasteiger partial charge >= 0.3 is 12.0 Å². The second-order valence-electron chi connectivity index (χ2n) is 4.59. The van der Waals surface area contributed by atoms with Crippen LogP contribution in [0.4, 0.5) is 9.93 Å². The highest BCUT2D eigenvalue weighted by Gasteiger charge is 2.12. The van der Waals surface area contributed by atoms with Crippen LogP contribution in [0.15, 0.2) is 18.2 Å². The third kappa shape index (κ3) is 3.67. The molecule has 2 amide bonds. The zero-order valence-electron chi connectivity index (χ0n) is 11.1. The Labute approximate surface area is 119 Å². The summed E-state index contributed by atoms with van der Waals surface area (Å²) in [5, 5.41) is 14.3. The highest BCUT2D eigenvalue weighted by Crippen LogP contribution is 2.26. The number of amides is 2. The minimum atomic E-state index is -0.951. The van der Waals surface area contributed by atoms with Gasteiger partial charge in [0.25, 0.3) is 0 Å². The van der Waals surface area contributed by atoms with Gasteiger partial charge in [-0.2, -0.15) is 0 Å². The Kier molecular flexibility index (Phi) is 4.19. The minimum Gasteiger partial charge on any atom is -0.481 e. The number of benzene rings is 1. The van der Waals surface area contributed by atoms with Gasteiger partial charge in [0.05, 0.1) is 16.6 Å². The molecule has 6 nitrogen and oxygen atoms in total. The Bertz CT molecular complexity index is 653. The smallest absolute Gasteiger partial charge is 0.321 e. The van der Waals surface area contributed by atoms with Gasteiger partial charge in [-0.25, -0.2) is 9.78 Å². The fourth-order valence-electron chi connectivity index (χ4n) is 1.76. The van der Waals surface area contributed by atoms with Crippen LogP contribution in [0.25, 0.3) is 10.2 Å². The van der Waals surface area contributed by atoms with Crippen LogP contribution in [0, 0.1) is 6.92 Å². The van der Waals surface area contributed by atoms with E-state index in [-0.39, 0.29) is 6.42 Å². The molecule has 0 saturated carbocycles. The number of anilines is 1. The van der Waals surface area contributed by atoms with Crippen LogP contribution in [0.1, 0.15) is 18.9 Å². The van der Waals surface area contributed by atoms with E-state index >= 15 is 0 Å². The summed E-state index contributed by atoms with van der Waals surface area (Å²) in [7, 11) is 0. The van der Waals surface area contributed by atoms with Crippen molar-refractivity contribution in [3.8, 4) is 0 Å². The summed E-state index contributed by atoms with van der Waals surface area (Å²) in [6.45, 7) is 3.63. The van der Waals surface area contributed by atoms with Crippen LogP contribution < -0.4 is 10.6 Å². The number of nitrogens with one attached hydrogen (secondary N) is 2. The molecule has 1 unspecified atom stereocenters. The van der Waals surface area contributed by atoms with E-state index in [2.05, 4.69) is 15.6 Å². The molecule has 0 aliphatic carbocycles. The molecule has 0 aliphatic heterocycles. The van der Waals surface area contributed by atoms with E-state index in [1.807, 2.05) is 25.1 Å². The number of urea groups is 1. The van der Waals surface area contributed by atoms with Crippen LogP contribution in [-0.2, 0) is 4.79 Å². The number of hydrogen-bond donors (Lipinski definition) is 3. The monoisotopic (exact) mass is 293 g/mol. The van der Waals surface area contributed by atoms with Gasteiger partial charge in [0.15, 0.2) is 5.13 Å². The lowest BCUT2D eigenvalue weighted by Gasteiger charge is -2.10. The highest BCUT2D eigenvalue weighted by molar-refractivity contribution is 7.22. The molecule has 106 valence electrons. The fourth-order valence-corrected chi connectivity index (χ4v) is 2.71. The topological polar surface area (TPSA) is 91.3 Å². The number of rotatable bonds is 4. The van der Waals surface area contributed by atoms with E-state index in [4.69, 9.17) is 5.11 Å². The number of nitrogens with zero attached hydrogens (tertiary/aromatic N) is 1. The third-order valence-corrected chi connectivity index (χ3v) is 3.56. The third-order valence-electron chi connectivity index (χ3n) is 2.62. The zero-order chi connectivity index (χ0) is 14.7. The van der Waals surface area contributed by atoms with Crippen molar-refractivity contribution in [2.45, 2.75) is 26.3 Å². The lowest BCUT2D eigenvalue weighted by atomic mass is 10.2. The first-order valence-electron chi connectivity index (χ1n) is 6.10. The molecule has 2 aromatic rings. The summed E-state index contributed by atoms with van der Waals surface area (Å²) < 4.78 is 0.999. The standard InChI is InChI=1S/C13H15N3O3S/c1-7-3-4-9-10(5-7)20-13(15-9)16-12(19)14-8(2)6-11(17)18/h3-5,8H,6H2,1-2H3,(H,17,18)(H2,14,15,16,19). The fraction of sp³-hybridized carbons (Fsp3) is 0.308. The quantitative estimate of drug-likeness (QED) is 0.808. The van der Waals surface area contributed by atoms with Crippen molar-refractivity contribution in [3.05, 3.63) is 23.8 Å². The summed E-state index contributed by atoms with van der Waals surface area (Å²) in [6, 6.07) is 4.97. The van der Waals surface area contributed by atoms with E-state index < -0.39 is 18.0 Å². The molecule has 0 radical (unpaired) electrons. The van der Waals surface area contributed by atoms with Crippen molar-refractivity contribution in [2.75, 3.05) is 5.32 Å². The SMILES string of the molecule is Cc1ccc2nc(NC(=O)NC(C)CC(=O)O)sc2c1. The van der Waals surface area contributed by atoms with Gasteiger partial charge in [-0.1, -0.05) is 17.4 Å². The number of carboxylic acids is 1. The molecular formula is C13H15N3O3S. The second kappa shape index (κ2) is 5.87. The normalized spacial score (nSPS) is 12.1. The molecule has 1 aromatic carbocycles. The molecular weight excluding hydrogens is 278 g/mol. The van der Waals surface area contributed by atoms with Crippen molar-refractivity contribution in [1.29, 1.82) is 0 Å². The summed E-state index contributed by atoms with van der Waals surface area (Å²) in [6.07, 6.45) is -0.119. The lowest BCUT2D eigenvalue weighted by Crippen LogP contribution is -2.37. The lowest BCUT2D eigenvalue weighted by molar-refractivity contribution is -0.137. The van der Waals surface area contributed by atoms with Crippen LogP contribution in [0.5, 0.6) is 0 Å². The number of hydrogen-bond acceptors (Lipinski definition) is 4. The van der Waals surface area contributed by atoms with Gasteiger partial charge in [-0.3, -0.25) is 10.1 Å². The molecule has 2 rings (SSSR count). The van der Waals surface area contributed by atoms with Gasteiger partial charge in [-0.05, 0) is 31.5 Å². The number of aryl methyl sites for hydroxylation is 1. The minimum absolute atomic E-state index is 0.119. The van der Waals surface area contributed by atoms with Crippen molar-refractivity contribution in [3.63, 3.8) is 0 Å². The zero-order valence-corrected chi connectivity index (χ0v) is 12.0. The van der Waals surface area contributed by atoms with E-state index in [0.717, 1.165) is 15.8 Å². The Morgan fingerprint density at radius 1 is 1.45 bits per heavy atom. The van der Waals surface area contributed by atoms with Crippen molar-refractivity contribution < 1.29 is 14.7 Å². The van der Waals surface area contributed by atoms with Crippen molar-refractivity contribution in [1.82, 2.24) is 10.3 Å². The molecule has 0 fully saturated rings. The predicted octanol–water partition coefficient (Wildman–Crippen LogP) is 2.59. The summed E-state index contributed by atoms with van der Waals surface area (Å²) >= 11 is 1.38. The molecule has 1 aromatic heterocycles. The Balaban J connectivity index is 2.00. The number of fused-ring (bicyclic) bond motifs is 1. The molecule has 0 aliphatic rings. The molecule has 7 heteroatoms. The molecule has 0 bridgehead atoms. The molecule has 1 heterocycles. The second-order valence-corrected chi connectivity index (χ2v) is 5.62. The molecule has 3 N–H and O–H groups in total. The summed E-state index contributed by atoms with van der Waals surface area (Å²) in [4.78, 5) is 26.5. The predicted molar refractivity (Wildman–Crippen MR) is 78.2 cm³/mol. The van der Waals surface area contributed by atoms with Crippen molar-refractivity contribution >= 4 is 38.7 Å². The molecule has 20 heavy (non-hydrogen) atoms. The maximum absolute atomic E-state index is 11.7. The summed E-state index contributed by atoms with van der Waals surface area (Å²) in [5.74, 6) is -0.951. The van der Waals surface area contributed by atoms with Gasteiger partial charge in [0.1, 0.15) is 0 Å². The number of carboxylic acid groups (broad SMARTS) is 1. The van der Waals surface area contributed by atoms with Crippen molar-refractivity contribution in [2.24, 2.45) is 0 Å². The largest absolute Gasteiger partial charge is 0.481 e. The van der Waals surface area contributed by atoms with Crippen LogP contribution in [0.3, 0.4) is 0 Å². The molecule has 1 atom stereocenters. The van der Waals surface area contributed by atoms with Gasteiger partial charge in [0, 0.05) is 6.04 Å². The van der Waals surface area contributed by atoms with E-state index in [9.17, 15) is 9.59 Å².